The average Bonchev–Trinajstić information content (AvgIpc) is 2.45. The second kappa shape index (κ2) is 5.78. The molecule has 0 unspecified atom stereocenters. The zero-order chi connectivity index (χ0) is 15.5. The molecule has 1 aromatic carbocycles. The molecule has 0 fully saturated rings. The molecule has 2 rings (SSSR count). The van der Waals surface area contributed by atoms with Gasteiger partial charge in [-0.15, -0.1) is 0 Å². The fourth-order valence-electron chi connectivity index (χ4n) is 1.50. The van der Waals surface area contributed by atoms with E-state index in [1.54, 1.807) is 0 Å². The van der Waals surface area contributed by atoms with E-state index in [2.05, 4.69) is 14.7 Å². The molecule has 2 aromatic rings. The van der Waals surface area contributed by atoms with E-state index in [1.165, 1.54) is 30.5 Å². The van der Waals surface area contributed by atoms with Gasteiger partial charge in [-0.25, -0.2) is 9.78 Å². The SMILES string of the molecule is O=C(O)c1ccc(-c2cncc(OCC(F)(F)F)n2)cc1. The quantitative estimate of drug-likeness (QED) is 0.939. The summed E-state index contributed by atoms with van der Waals surface area (Å²) >= 11 is 0. The van der Waals surface area contributed by atoms with Crippen molar-refractivity contribution in [1.82, 2.24) is 9.97 Å². The van der Waals surface area contributed by atoms with Crippen molar-refractivity contribution in [3.8, 4) is 17.1 Å². The summed E-state index contributed by atoms with van der Waals surface area (Å²) in [4.78, 5) is 18.4. The monoisotopic (exact) mass is 298 g/mol. The molecular weight excluding hydrogens is 289 g/mol. The van der Waals surface area contributed by atoms with E-state index in [9.17, 15) is 18.0 Å². The van der Waals surface area contributed by atoms with Crippen LogP contribution in [0.25, 0.3) is 11.3 Å². The molecule has 1 N–H and O–H groups in total. The van der Waals surface area contributed by atoms with Gasteiger partial charge in [-0.3, -0.25) is 4.98 Å². The van der Waals surface area contributed by atoms with Crippen molar-refractivity contribution in [3.05, 3.63) is 42.2 Å². The first-order chi connectivity index (χ1) is 9.85. The van der Waals surface area contributed by atoms with Crippen molar-refractivity contribution in [3.63, 3.8) is 0 Å². The summed E-state index contributed by atoms with van der Waals surface area (Å²) in [6.07, 6.45) is -2.04. The minimum absolute atomic E-state index is 0.0937. The molecule has 1 aromatic heterocycles. The highest BCUT2D eigenvalue weighted by Gasteiger charge is 2.28. The van der Waals surface area contributed by atoms with Gasteiger partial charge in [0.25, 0.3) is 0 Å². The fraction of sp³-hybridized carbons (Fsp3) is 0.154. The number of aromatic nitrogens is 2. The molecule has 5 nitrogen and oxygen atoms in total. The third-order valence-corrected chi connectivity index (χ3v) is 2.42. The van der Waals surface area contributed by atoms with E-state index < -0.39 is 18.8 Å². The maximum absolute atomic E-state index is 12.1. The summed E-state index contributed by atoms with van der Waals surface area (Å²) in [5.74, 6) is -1.33. The number of carboxylic acid groups (broad SMARTS) is 1. The summed E-state index contributed by atoms with van der Waals surface area (Å²) < 4.78 is 40.7. The topological polar surface area (TPSA) is 72.3 Å². The lowest BCUT2D eigenvalue weighted by molar-refractivity contribution is -0.154. The van der Waals surface area contributed by atoms with Gasteiger partial charge in [0.2, 0.25) is 5.88 Å². The zero-order valence-electron chi connectivity index (χ0n) is 10.5. The number of alkyl halides is 3. The molecule has 0 saturated carbocycles. The first kappa shape index (κ1) is 14.8. The number of hydrogen-bond acceptors (Lipinski definition) is 4. The molecule has 0 aliphatic rings. The van der Waals surface area contributed by atoms with Crippen LogP contribution in [0.4, 0.5) is 13.2 Å². The number of rotatable bonds is 4. The predicted octanol–water partition coefficient (Wildman–Crippen LogP) is 2.78. The molecule has 0 aliphatic carbocycles. The van der Waals surface area contributed by atoms with Crippen LogP contribution < -0.4 is 4.74 Å². The Kier molecular flexibility index (Phi) is 4.06. The molecule has 0 saturated heterocycles. The molecule has 0 radical (unpaired) electrons. The highest BCUT2D eigenvalue weighted by molar-refractivity contribution is 5.88. The molecular formula is C13H9F3N2O3. The molecule has 0 amide bonds. The van der Waals surface area contributed by atoms with E-state index in [0.29, 0.717) is 5.56 Å². The summed E-state index contributed by atoms with van der Waals surface area (Å²) in [6, 6.07) is 5.70. The number of aromatic carboxylic acids is 1. The van der Waals surface area contributed by atoms with Crippen LogP contribution in [0, 0.1) is 0 Å². The van der Waals surface area contributed by atoms with Crippen molar-refractivity contribution >= 4 is 5.97 Å². The fourth-order valence-corrected chi connectivity index (χ4v) is 1.50. The molecule has 0 aliphatic heterocycles. The summed E-state index contributed by atoms with van der Waals surface area (Å²) in [6.45, 7) is -1.46. The minimum atomic E-state index is -4.46. The second-order valence-corrected chi connectivity index (χ2v) is 4.03. The van der Waals surface area contributed by atoms with E-state index in [1.807, 2.05) is 0 Å². The maximum Gasteiger partial charge on any atom is 0.422 e. The van der Waals surface area contributed by atoms with Crippen LogP contribution in [-0.4, -0.2) is 33.8 Å². The van der Waals surface area contributed by atoms with Gasteiger partial charge in [0.15, 0.2) is 6.61 Å². The van der Waals surface area contributed by atoms with Crippen LogP contribution >= 0.6 is 0 Å². The molecule has 21 heavy (non-hydrogen) atoms. The predicted molar refractivity (Wildman–Crippen MR) is 66.0 cm³/mol. The zero-order valence-corrected chi connectivity index (χ0v) is 10.5. The smallest absolute Gasteiger partial charge is 0.422 e. The lowest BCUT2D eigenvalue weighted by atomic mass is 10.1. The Balaban J connectivity index is 2.18. The van der Waals surface area contributed by atoms with Gasteiger partial charge in [0.05, 0.1) is 23.7 Å². The van der Waals surface area contributed by atoms with Crippen LogP contribution in [0.5, 0.6) is 5.88 Å². The molecule has 0 spiro atoms. The summed E-state index contributed by atoms with van der Waals surface area (Å²) in [5, 5.41) is 8.78. The van der Waals surface area contributed by atoms with Gasteiger partial charge < -0.3 is 9.84 Å². The van der Waals surface area contributed by atoms with E-state index in [0.717, 1.165) is 6.20 Å². The lowest BCUT2D eigenvalue weighted by Gasteiger charge is -2.09. The Morgan fingerprint density at radius 3 is 2.43 bits per heavy atom. The Labute approximate surface area is 117 Å². The van der Waals surface area contributed by atoms with Crippen molar-refractivity contribution in [2.24, 2.45) is 0 Å². The Hall–Kier alpha value is -2.64. The highest BCUT2D eigenvalue weighted by Crippen LogP contribution is 2.21. The van der Waals surface area contributed by atoms with E-state index in [-0.39, 0.29) is 17.1 Å². The first-order valence-corrected chi connectivity index (χ1v) is 5.70. The van der Waals surface area contributed by atoms with Gasteiger partial charge in [-0.1, -0.05) is 12.1 Å². The normalized spacial score (nSPS) is 11.2. The van der Waals surface area contributed by atoms with Crippen LogP contribution in [0.3, 0.4) is 0 Å². The second-order valence-electron chi connectivity index (χ2n) is 4.03. The molecule has 0 atom stereocenters. The minimum Gasteiger partial charge on any atom is -0.478 e. The Morgan fingerprint density at radius 1 is 1.19 bits per heavy atom. The maximum atomic E-state index is 12.1. The Morgan fingerprint density at radius 2 is 1.86 bits per heavy atom. The van der Waals surface area contributed by atoms with Crippen molar-refractivity contribution in [1.29, 1.82) is 0 Å². The van der Waals surface area contributed by atoms with Crippen molar-refractivity contribution < 1.29 is 27.8 Å². The molecule has 1 heterocycles. The standard InChI is InChI=1S/C13H9F3N2O3/c14-13(15,16)7-21-11-6-17-5-10(18-11)8-1-3-9(4-2-8)12(19)20/h1-6H,7H2,(H,19,20). The Bertz CT molecular complexity index is 642. The van der Waals surface area contributed by atoms with E-state index in [4.69, 9.17) is 5.11 Å². The van der Waals surface area contributed by atoms with Crippen molar-refractivity contribution in [2.75, 3.05) is 6.61 Å². The third kappa shape index (κ3) is 4.16. The number of carboxylic acids is 1. The van der Waals surface area contributed by atoms with E-state index >= 15 is 0 Å². The number of hydrogen-bond donors (Lipinski definition) is 1. The van der Waals surface area contributed by atoms with Gasteiger partial charge in [0, 0.05) is 5.56 Å². The van der Waals surface area contributed by atoms with Gasteiger partial charge in [-0.05, 0) is 12.1 Å². The largest absolute Gasteiger partial charge is 0.478 e. The summed E-state index contributed by atoms with van der Waals surface area (Å²) in [7, 11) is 0. The molecule has 0 bridgehead atoms. The number of nitrogens with zero attached hydrogens (tertiary/aromatic N) is 2. The number of ether oxygens (including phenoxy) is 1. The van der Waals surface area contributed by atoms with Gasteiger partial charge in [-0.2, -0.15) is 13.2 Å². The number of carbonyl (C=O) groups is 1. The molecule has 110 valence electrons. The highest BCUT2D eigenvalue weighted by atomic mass is 19.4. The number of benzene rings is 1. The van der Waals surface area contributed by atoms with Crippen LogP contribution in [0.1, 0.15) is 10.4 Å². The third-order valence-electron chi connectivity index (χ3n) is 2.42. The molecule has 8 heteroatoms. The average molecular weight is 298 g/mol. The number of halogens is 3. The van der Waals surface area contributed by atoms with Crippen molar-refractivity contribution in [2.45, 2.75) is 6.18 Å². The van der Waals surface area contributed by atoms with Crippen LogP contribution in [0.2, 0.25) is 0 Å². The van der Waals surface area contributed by atoms with Gasteiger partial charge >= 0.3 is 12.1 Å². The van der Waals surface area contributed by atoms with Crippen LogP contribution in [-0.2, 0) is 0 Å². The van der Waals surface area contributed by atoms with Crippen LogP contribution in [0.15, 0.2) is 36.7 Å². The van der Waals surface area contributed by atoms with Gasteiger partial charge in [0.1, 0.15) is 0 Å². The summed E-state index contributed by atoms with van der Waals surface area (Å²) in [5.41, 5.74) is 0.896. The first-order valence-electron chi connectivity index (χ1n) is 5.70. The lowest BCUT2D eigenvalue weighted by Crippen LogP contribution is -2.19.